The van der Waals surface area contributed by atoms with Crippen LogP contribution in [0.25, 0.3) is 0 Å². The van der Waals surface area contributed by atoms with Crippen LogP contribution in [0, 0.1) is 0 Å². The number of nitrogens with one attached hydrogen (secondary N) is 1. The molecule has 0 bridgehead atoms. The molecule has 0 spiro atoms. The zero-order valence-electron chi connectivity index (χ0n) is 6.05. The highest BCUT2D eigenvalue weighted by Gasteiger charge is 1.88. The number of esters is 1. The van der Waals surface area contributed by atoms with E-state index in [-0.39, 0.29) is 12.6 Å². The molecule has 0 aromatic carbocycles. The second-order valence-corrected chi connectivity index (χ2v) is 1.80. The van der Waals surface area contributed by atoms with Crippen LogP contribution in [0.3, 0.4) is 0 Å². The Labute approximate surface area is 59.4 Å². The first-order chi connectivity index (χ1) is 4.66. The minimum absolute atomic E-state index is 0.189. The fraction of sp³-hybridized carbons (Fsp3) is 0.500. The molecule has 0 unspecified atom stereocenters. The molecule has 0 aromatic heterocycles. The van der Waals surface area contributed by atoms with E-state index in [4.69, 9.17) is 5.21 Å². The number of hydrogen-bond acceptors (Lipinski definition) is 4. The largest absolute Gasteiger partial charge is 0.462 e. The van der Waals surface area contributed by atoms with Gasteiger partial charge in [0.2, 0.25) is 0 Å². The molecule has 0 saturated carbocycles. The van der Waals surface area contributed by atoms with E-state index < -0.39 is 0 Å². The van der Waals surface area contributed by atoms with Crippen LogP contribution in [0.2, 0.25) is 0 Å². The van der Waals surface area contributed by atoms with Gasteiger partial charge in [0.25, 0.3) is 0 Å². The number of carbonyl (C=O) groups is 1. The Balaban J connectivity index is 3.43. The highest BCUT2D eigenvalue weighted by Crippen LogP contribution is 1.84. The van der Waals surface area contributed by atoms with Crippen molar-refractivity contribution in [1.29, 1.82) is 0 Å². The van der Waals surface area contributed by atoms with Crippen LogP contribution in [0.4, 0.5) is 0 Å². The summed E-state index contributed by atoms with van der Waals surface area (Å²) in [5.41, 5.74) is 2.47. The molecule has 0 atom stereocenters. The van der Waals surface area contributed by atoms with Crippen molar-refractivity contribution >= 4 is 5.97 Å². The maximum atomic E-state index is 10.2. The SMILES string of the molecule is CC(=O)OC/C=C(\C)NO. The zero-order valence-corrected chi connectivity index (χ0v) is 6.05. The Morgan fingerprint density at radius 3 is 2.70 bits per heavy atom. The number of allylic oxidation sites excluding steroid dienone is 1. The molecule has 0 aliphatic heterocycles. The summed E-state index contributed by atoms with van der Waals surface area (Å²) in [7, 11) is 0. The molecular formula is C6H11NO3. The van der Waals surface area contributed by atoms with E-state index in [1.54, 1.807) is 13.0 Å². The van der Waals surface area contributed by atoms with Gasteiger partial charge in [0, 0.05) is 12.6 Å². The number of ether oxygens (including phenoxy) is 1. The molecule has 0 heterocycles. The van der Waals surface area contributed by atoms with E-state index in [1.165, 1.54) is 6.92 Å². The first-order valence-corrected chi connectivity index (χ1v) is 2.87. The zero-order chi connectivity index (χ0) is 7.98. The molecule has 58 valence electrons. The van der Waals surface area contributed by atoms with Crippen LogP contribution in [0.5, 0.6) is 0 Å². The van der Waals surface area contributed by atoms with E-state index in [2.05, 4.69) is 4.74 Å². The fourth-order valence-electron chi connectivity index (χ4n) is 0.330. The Hall–Kier alpha value is -1.03. The molecule has 0 radical (unpaired) electrons. The van der Waals surface area contributed by atoms with Gasteiger partial charge < -0.3 is 4.74 Å². The maximum Gasteiger partial charge on any atom is 0.302 e. The summed E-state index contributed by atoms with van der Waals surface area (Å²) in [5, 5.41) is 8.24. The topological polar surface area (TPSA) is 58.6 Å². The first-order valence-electron chi connectivity index (χ1n) is 2.87. The van der Waals surface area contributed by atoms with Gasteiger partial charge in [0.15, 0.2) is 0 Å². The van der Waals surface area contributed by atoms with E-state index >= 15 is 0 Å². The monoisotopic (exact) mass is 145 g/mol. The molecule has 0 rings (SSSR count). The fourth-order valence-corrected chi connectivity index (χ4v) is 0.330. The third-order valence-electron chi connectivity index (χ3n) is 0.852. The van der Waals surface area contributed by atoms with Crippen molar-refractivity contribution in [2.24, 2.45) is 0 Å². The van der Waals surface area contributed by atoms with E-state index in [9.17, 15) is 4.79 Å². The molecule has 0 saturated heterocycles. The first kappa shape index (κ1) is 8.97. The summed E-state index contributed by atoms with van der Waals surface area (Å²) in [6.45, 7) is 3.17. The predicted octanol–water partition coefficient (Wildman–Crippen LogP) is 0.432. The molecule has 0 fully saturated rings. The quantitative estimate of drug-likeness (QED) is 0.446. The molecule has 0 amide bonds. The van der Waals surface area contributed by atoms with Crippen LogP contribution in [0.1, 0.15) is 13.8 Å². The normalized spacial score (nSPS) is 10.9. The molecule has 4 heteroatoms. The maximum absolute atomic E-state index is 10.2. The highest BCUT2D eigenvalue weighted by molar-refractivity contribution is 5.65. The van der Waals surface area contributed by atoms with Crippen molar-refractivity contribution < 1.29 is 14.7 Å². The van der Waals surface area contributed by atoms with Crippen molar-refractivity contribution in [2.45, 2.75) is 13.8 Å². The minimum atomic E-state index is -0.331. The standard InChI is InChI=1S/C6H11NO3/c1-5(7-9)3-4-10-6(2)8/h3,7,9H,4H2,1-2H3/b5-3+. The summed E-state index contributed by atoms with van der Waals surface area (Å²) in [6, 6.07) is 0. The number of hydrogen-bond donors (Lipinski definition) is 2. The smallest absolute Gasteiger partial charge is 0.302 e. The van der Waals surface area contributed by atoms with Gasteiger partial charge in [-0.3, -0.25) is 15.5 Å². The molecule has 0 aromatic rings. The van der Waals surface area contributed by atoms with Crippen molar-refractivity contribution in [3.63, 3.8) is 0 Å². The lowest BCUT2D eigenvalue weighted by Crippen LogP contribution is -2.05. The molecule has 10 heavy (non-hydrogen) atoms. The van der Waals surface area contributed by atoms with Gasteiger partial charge in [0.05, 0.1) is 0 Å². The molecule has 4 nitrogen and oxygen atoms in total. The Bertz CT molecular complexity index is 142. The van der Waals surface area contributed by atoms with Crippen molar-refractivity contribution in [3.05, 3.63) is 11.8 Å². The van der Waals surface area contributed by atoms with Gasteiger partial charge in [-0.25, -0.2) is 0 Å². The van der Waals surface area contributed by atoms with Gasteiger partial charge in [-0.15, -0.1) is 0 Å². The molecule has 0 aliphatic rings. The number of hydroxylamine groups is 1. The highest BCUT2D eigenvalue weighted by atomic mass is 16.5. The van der Waals surface area contributed by atoms with Crippen molar-refractivity contribution in [2.75, 3.05) is 6.61 Å². The third-order valence-corrected chi connectivity index (χ3v) is 0.852. The number of carbonyl (C=O) groups excluding carboxylic acids is 1. The summed E-state index contributed by atoms with van der Waals surface area (Å²) < 4.78 is 4.55. The van der Waals surface area contributed by atoms with Gasteiger partial charge in [0.1, 0.15) is 6.61 Å². The Kier molecular flexibility index (Phi) is 4.32. The molecule has 2 N–H and O–H groups in total. The van der Waals surface area contributed by atoms with Crippen LogP contribution in [-0.2, 0) is 9.53 Å². The summed E-state index contributed by atoms with van der Waals surface area (Å²) in [5.74, 6) is -0.331. The molecular weight excluding hydrogens is 134 g/mol. The van der Waals surface area contributed by atoms with Crippen molar-refractivity contribution in [3.8, 4) is 0 Å². The lowest BCUT2D eigenvalue weighted by Gasteiger charge is -1.97. The predicted molar refractivity (Wildman–Crippen MR) is 35.3 cm³/mol. The second-order valence-electron chi connectivity index (χ2n) is 1.80. The van der Waals surface area contributed by atoms with Gasteiger partial charge in [-0.1, -0.05) is 0 Å². The van der Waals surface area contributed by atoms with Crippen molar-refractivity contribution in [1.82, 2.24) is 5.48 Å². The minimum Gasteiger partial charge on any atom is -0.462 e. The van der Waals surface area contributed by atoms with E-state index in [0.29, 0.717) is 5.70 Å². The lowest BCUT2D eigenvalue weighted by molar-refractivity contribution is -0.139. The number of rotatable bonds is 3. The van der Waals surface area contributed by atoms with Crippen LogP contribution in [-0.4, -0.2) is 17.8 Å². The lowest BCUT2D eigenvalue weighted by atomic mass is 10.5. The molecule has 0 aliphatic carbocycles. The van der Waals surface area contributed by atoms with Gasteiger partial charge >= 0.3 is 5.97 Å². The van der Waals surface area contributed by atoms with Crippen LogP contribution < -0.4 is 5.48 Å². The van der Waals surface area contributed by atoms with E-state index in [0.717, 1.165) is 0 Å². The average molecular weight is 145 g/mol. The third kappa shape index (κ3) is 5.11. The summed E-state index contributed by atoms with van der Waals surface area (Å²) in [6.07, 6.45) is 1.56. The second kappa shape index (κ2) is 4.81. The van der Waals surface area contributed by atoms with Crippen LogP contribution >= 0.6 is 0 Å². The summed E-state index contributed by atoms with van der Waals surface area (Å²) >= 11 is 0. The average Bonchev–Trinajstić information content (AvgIpc) is 1.87. The van der Waals surface area contributed by atoms with E-state index in [1.807, 2.05) is 5.48 Å². The van der Waals surface area contributed by atoms with Gasteiger partial charge in [-0.05, 0) is 13.0 Å². The summed E-state index contributed by atoms with van der Waals surface area (Å²) in [4.78, 5) is 10.2. The Morgan fingerprint density at radius 2 is 2.30 bits per heavy atom. The van der Waals surface area contributed by atoms with Crippen LogP contribution in [0.15, 0.2) is 11.8 Å². The Morgan fingerprint density at radius 1 is 1.70 bits per heavy atom. The van der Waals surface area contributed by atoms with Gasteiger partial charge in [-0.2, -0.15) is 0 Å².